The Morgan fingerprint density at radius 2 is 1.71 bits per heavy atom. The van der Waals surface area contributed by atoms with Gasteiger partial charge in [0.25, 0.3) is 5.56 Å². The molecule has 24 heavy (non-hydrogen) atoms. The first-order valence-electron chi connectivity index (χ1n) is 7.27. The maximum absolute atomic E-state index is 11.9. The van der Waals surface area contributed by atoms with E-state index in [4.69, 9.17) is 24.9 Å². The van der Waals surface area contributed by atoms with Crippen molar-refractivity contribution in [3.63, 3.8) is 0 Å². The number of nitrogens with one attached hydrogen (secondary N) is 1. The number of unbranched alkanes of at least 4 members (excludes halogenated alkanes) is 1. The average molecular weight is 345 g/mol. The van der Waals surface area contributed by atoms with E-state index in [1.807, 2.05) is 0 Å². The number of rotatable bonds is 7. The van der Waals surface area contributed by atoms with Crippen molar-refractivity contribution in [2.45, 2.75) is 26.3 Å². The Bertz CT molecular complexity index is 651. The van der Waals surface area contributed by atoms with Gasteiger partial charge in [-0.2, -0.15) is 0 Å². The minimum Gasteiger partial charge on any atom is -0.473 e. The summed E-state index contributed by atoms with van der Waals surface area (Å²) in [6.45, 7) is 3.94. The maximum Gasteiger partial charge on any atom is 0.414 e. The summed E-state index contributed by atoms with van der Waals surface area (Å²) >= 11 is 0. The summed E-state index contributed by atoms with van der Waals surface area (Å²) in [6.07, 6.45) is 1.78. The number of aliphatic hydroxyl groups excluding tert-OH is 1. The summed E-state index contributed by atoms with van der Waals surface area (Å²) in [5.74, 6) is -3.65. The monoisotopic (exact) mass is 345 g/mol. The van der Waals surface area contributed by atoms with E-state index in [1.54, 1.807) is 11.5 Å². The first-order chi connectivity index (χ1) is 11.2. The lowest BCUT2D eigenvalue weighted by Gasteiger charge is -2.10. The Morgan fingerprint density at radius 3 is 2.21 bits per heavy atom. The molecule has 10 nitrogen and oxygen atoms in total. The second-order valence-electron chi connectivity index (χ2n) is 4.91. The van der Waals surface area contributed by atoms with Crippen LogP contribution < -0.4 is 16.6 Å². The van der Waals surface area contributed by atoms with E-state index in [0.717, 1.165) is 24.0 Å². The third-order valence-electron chi connectivity index (χ3n) is 3.06. The van der Waals surface area contributed by atoms with Gasteiger partial charge < -0.3 is 20.6 Å². The second kappa shape index (κ2) is 11.1. The lowest BCUT2D eigenvalue weighted by Crippen LogP contribution is -2.38. The molecule has 0 atom stereocenters. The molecule has 0 saturated heterocycles. The molecule has 0 radical (unpaired) electrons. The van der Waals surface area contributed by atoms with Crippen molar-refractivity contribution in [2.75, 3.05) is 19.7 Å². The molecule has 1 aromatic heterocycles. The van der Waals surface area contributed by atoms with Gasteiger partial charge in [-0.1, -0.05) is 0 Å². The highest BCUT2D eigenvalue weighted by molar-refractivity contribution is 6.27. The van der Waals surface area contributed by atoms with Crippen molar-refractivity contribution in [3.8, 4) is 0 Å². The number of nitrogens with zero attached hydrogens (tertiary/aromatic N) is 2. The fourth-order valence-electron chi connectivity index (χ4n) is 1.78. The first kappa shape index (κ1) is 21.5. The summed E-state index contributed by atoms with van der Waals surface area (Å²) in [4.78, 5) is 41.4. The molecule has 0 aromatic carbocycles. The third-order valence-corrected chi connectivity index (χ3v) is 3.06. The van der Waals surface area contributed by atoms with E-state index in [1.165, 1.54) is 13.1 Å². The van der Waals surface area contributed by atoms with Gasteiger partial charge in [-0.3, -0.25) is 13.9 Å². The topological polar surface area (TPSA) is 151 Å². The highest BCUT2D eigenvalue weighted by atomic mass is 16.4. The van der Waals surface area contributed by atoms with Gasteiger partial charge in [0.15, 0.2) is 0 Å². The molecule has 0 saturated carbocycles. The van der Waals surface area contributed by atoms with Gasteiger partial charge in [0.2, 0.25) is 0 Å². The third kappa shape index (κ3) is 7.70. The first-order valence-corrected chi connectivity index (χ1v) is 7.27. The molecule has 1 rings (SSSR count). The molecule has 0 spiro atoms. The summed E-state index contributed by atoms with van der Waals surface area (Å²) in [5.41, 5.74) is 0.174. The lowest BCUT2D eigenvalue weighted by molar-refractivity contribution is -0.159. The molecule has 10 heteroatoms. The Hall–Kier alpha value is -2.46. The summed E-state index contributed by atoms with van der Waals surface area (Å²) in [5, 5.41) is 26.5. The van der Waals surface area contributed by atoms with Crippen LogP contribution >= 0.6 is 0 Å². The minimum atomic E-state index is -1.82. The van der Waals surface area contributed by atoms with Crippen LogP contribution in [0.1, 0.15) is 18.5 Å². The standard InChI is InChI=1S/C12H21N3O3.C2H2O4/c1-10-9-11(17)14(2)12(18)15(10)7-4-3-5-13-6-8-16;3-1(4)2(5)6/h9,13,16H,3-8H2,1-2H3;(H,3,4)(H,5,6). The van der Waals surface area contributed by atoms with Gasteiger partial charge >= 0.3 is 17.6 Å². The summed E-state index contributed by atoms with van der Waals surface area (Å²) in [7, 11) is 1.49. The zero-order chi connectivity index (χ0) is 18.7. The molecule has 1 aromatic rings. The molecule has 0 fully saturated rings. The number of aliphatic hydroxyl groups is 1. The highest BCUT2D eigenvalue weighted by Gasteiger charge is 2.05. The van der Waals surface area contributed by atoms with Crippen LogP contribution in [0, 0.1) is 6.92 Å². The van der Waals surface area contributed by atoms with Crippen molar-refractivity contribution in [1.82, 2.24) is 14.5 Å². The maximum atomic E-state index is 11.9. The quantitative estimate of drug-likeness (QED) is 0.340. The molecule has 0 unspecified atom stereocenters. The zero-order valence-electron chi connectivity index (χ0n) is 13.7. The normalized spacial score (nSPS) is 9.96. The van der Waals surface area contributed by atoms with Gasteiger partial charge in [-0.25, -0.2) is 14.4 Å². The van der Waals surface area contributed by atoms with Crippen LogP contribution in [-0.2, 0) is 23.2 Å². The van der Waals surface area contributed by atoms with Crippen LogP contribution in [-0.4, -0.2) is 56.1 Å². The average Bonchev–Trinajstić information content (AvgIpc) is 2.51. The van der Waals surface area contributed by atoms with Gasteiger partial charge in [0, 0.05) is 31.9 Å². The van der Waals surface area contributed by atoms with Crippen molar-refractivity contribution < 1.29 is 24.9 Å². The minimum absolute atomic E-state index is 0.138. The number of carboxylic acid groups (broad SMARTS) is 2. The number of aliphatic carboxylic acids is 2. The summed E-state index contributed by atoms with van der Waals surface area (Å²) < 4.78 is 2.74. The molecule has 0 amide bonds. The van der Waals surface area contributed by atoms with Gasteiger partial charge in [-0.15, -0.1) is 0 Å². The van der Waals surface area contributed by atoms with Crippen LogP contribution in [0.5, 0.6) is 0 Å². The molecule has 0 aliphatic heterocycles. The second-order valence-corrected chi connectivity index (χ2v) is 4.91. The Labute approximate surface area is 138 Å². The number of aryl methyl sites for hydroxylation is 1. The number of hydrogen-bond acceptors (Lipinski definition) is 6. The van der Waals surface area contributed by atoms with Crippen LogP contribution in [0.25, 0.3) is 0 Å². The number of carbonyl (C=O) groups is 2. The van der Waals surface area contributed by atoms with E-state index < -0.39 is 11.9 Å². The predicted octanol–water partition coefficient (Wildman–Crippen LogP) is -1.63. The Morgan fingerprint density at radius 1 is 1.12 bits per heavy atom. The Balaban J connectivity index is 0.000000754. The fourth-order valence-corrected chi connectivity index (χ4v) is 1.78. The SMILES string of the molecule is Cc1cc(=O)n(C)c(=O)n1CCCCNCCO.O=C(O)C(=O)O. The molecule has 0 bridgehead atoms. The van der Waals surface area contributed by atoms with Crippen LogP contribution in [0.4, 0.5) is 0 Å². The van der Waals surface area contributed by atoms with Crippen molar-refractivity contribution in [1.29, 1.82) is 0 Å². The number of aromatic nitrogens is 2. The van der Waals surface area contributed by atoms with Crippen LogP contribution in [0.2, 0.25) is 0 Å². The van der Waals surface area contributed by atoms with Crippen molar-refractivity contribution in [2.24, 2.45) is 7.05 Å². The van der Waals surface area contributed by atoms with E-state index in [-0.39, 0.29) is 17.9 Å². The van der Waals surface area contributed by atoms with Gasteiger partial charge in [0.05, 0.1) is 6.61 Å². The zero-order valence-corrected chi connectivity index (χ0v) is 13.7. The molecule has 0 aliphatic carbocycles. The van der Waals surface area contributed by atoms with Crippen LogP contribution in [0.15, 0.2) is 15.7 Å². The largest absolute Gasteiger partial charge is 0.473 e. The molecule has 1 heterocycles. The van der Waals surface area contributed by atoms with Gasteiger partial charge in [-0.05, 0) is 26.3 Å². The van der Waals surface area contributed by atoms with Gasteiger partial charge in [0.1, 0.15) is 0 Å². The van der Waals surface area contributed by atoms with E-state index >= 15 is 0 Å². The summed E-state index contributed by atoms with van der Waals surface area (Å²) in [6, 6.07) is 1.48. The molecular formula is C14H23N3O7. The fraction of sp³-hybridized carbons (Fsp3) is 0.571. The van der Waals surface area contributed by atoms with Crippen molar-refractivity contribution >= 4 is 11.9 Å². The molecule has 0 aliphatic rings. The highest BCUT2D eigenvalue weighted by Crippen LogP contribution is 1.95. The van der Waals surface area contributed by atoms with E-state index in [0.29, 0.717) is 18.8 Å². The lowest BCUT2D eigenvalue weighted by atomic mass is 10.3. The van der Waals surface area contributed by atoms with Crippen LogP contribution in [0.3, 0.4) is 0 Å². The Kier molecular flexibility index (Phi) is 9.99. The molecular weight excluding hydrogens is 322 g/mol. The smallest absolute Gasteiger partial charge is 0.414 e. The molecule has 4 N–H and O–H groups in total. The number of carboxylic acids is 2. The number of hydrogen-bond donors (Lipinski definition) is 4. The van der Waals surface area contributed by atoms with Crippen molar-refractivity contribution in [3.05, 3.63) is 32.6 Å². The van der Waals surface area contributed by atoms with E-state index in [9.17, 15) is 9.59 Å². The molecule has 136 valence electrons. The van der Waals surface area contributed by atoms with E-state index in [2.05, 4.69) is 5.32 Å². The predicted molar refractivity (Wildman–Crippen MR) is 85.1 cm³/mol.